The van der Waals surface area contributed by atoms with Crippen molar-refractivity contribution in [3.63, 3.8) is 0 Å². The topological polar surface area (TPSA) is 0 Å². The molecule has 0 N–H and O–H groups in total. The fourth-order valence-corrected chi connectivity index (χ4v) is 5.45. The van der Waals surface area contributed by atoms with Gasteiger partial charge in [-0.3, -0.25) is 0 Å². The molecule has 0 saturated heterocycles. The molecule has 6 aromatic rings. The Bertz CT molecular complexity index is 1640. The van der Waals surface area contributed by atoms with Gasteiger partial charge in [-0.1, -0.05) is 115 Å². The van der Waals surface area contributed by atoms with Gasteiger partial charge in [0.2, 0.25) is 0 Å². The van der Waals surface area contributed by atoms with E-state index in [4.69, 9.17) is 0 Å². The van der Waals surface area contributed by atoms with E-state index in [1.165, 1.54) is 66.1 Å². The molecular weight excluding hydrogens is 384 g/mol. The third-order valence-corrected chi connectivity index (χ3v) is 6.80. The van der Waals surface area contributed by atoms with Crippen molar-refractivity contribution in [3.8, 4) is 44.5 Å². The molecule has 0 saturated carbocycles. The Morgan fingerprint density at radius 3 is 1.81 bits per heavy atom. The Balaban J connectivity index is 1.64. The van der Waals surface area contributed by atoms with Crippen molar-refractivity contribution < 1.29 is 0 Å². The predicted molar refractivity (Wildman–Crippen MR) is 137 cm³/mol. The van der Waals surface area contributed by atoms with E-state index >= 15 is 0 Å². The van der Waals surface area contributed by atoms with Crippen molar-refractivity contribution in [1.82, 2.24) is 0 Å². The average Bonchev–Trinajstić information content (AvgIpc) is 3.19. The van der Waals surface area contributed by atoms with Gasteiger partial charge < -0.3 is 0 Å². The molecule has 0 heterocycles. The lowest BCUT2D eigenvalue weighted by molar-refractivity contribution is 1.64. The molecule has 0 aliphatic heterocycles. The summed E-state index contributed by atoms with van der Waals surface area (Å²) >= 11 is 0. The van der Waals surface area contributed by atoms with Crippen LogP contribution in [0.4, 0.5) is 0 Å². The maximum Gasteiger partial charge on any atom is -0.00137 e. The van der Waals surface area contributed by atoms with Crippen molar-refractivity contribution in [2.24, 2.45) is 0 Å². The highest BCUT2D eigenvalue weighted by atomic mass is 14.3. The van der Waals surface area contributed by atoms with Crippen LogP contribution in [0.1, 0.15) is 0 Å². The first kappa shape index (κ1) is 17.5. The quantitative estimate of drug-likeness (QED) is 0.270. The number of fused-ring (bicyclic) bond motifs is 4. The van der Waals surface area contributed by atoms with Crippen LogP contribution in [0.15, 0.2) is 121 Å². The first-order valence-corrected chi connectivity index (χ1v) is 11.1. The Morgan fingerprint density at radius 1 is 0.344 bits per heavy atom. The Morgan fingerprint density at radius 2 is 1.00 bits per heavy atom. The Labute approximate surface area is 187 Å². The lowest BCUT2D eigenvalue weighted by atomic mass is 9.88. The zero-order valence-electron chi connectivity index (χ0n) is 17.5. The average molecular weight is 405 g/mol. The van der Waals surface area contributed by atoms with Gasteiger partial charge in [0.05, 0.1) is 0 Å². The normalized spacial score (nSPS) is 11.8. The van der Waals surface area contributed by atoms with Crippen LogP contribution in [0.5, 0.6) is 0 Å². The Hall–Kier alpha value is -4.16. The van der Waals surface area contributed by atoms with Gasteiger partial charge in [0.15, 0.2) is 0 Å². The third-order valence-electron chi connectivity index (χ3n) is 6.80. The SMILES string of the molecule is c1ccc(-c2c3c(cc4ccccc24)-c2cccc4c(-c5ccccc5)ccc-3c24)cc1. The molecule has 32 heavy (non-hydrogen) atoms. The van der Waals surface area contributed by atoms with E-state index < -0.39 is 0 Å². The van der Waals surface area contributed by atoms with E-state index in [2.05, 4.69) is 121 Å². The van der Waals surface area contributed by atoms with Crippen LogP contribution in [-0.4, -0.2) is 0 Å². The minimum atomic E-state index is 1.26. The van der Waals surface area contributed by atoms with E-state index in [0.717, 1.165) is 0 Å². The van der Waals surface area contributed by atoms with Gasteiger partial charge in [0.25, 0.3) is 0 Å². The van der Waals surface area contributed by atoms with E-state index in [0.29, 0.717) is 0 Å². The molecule has 0 nitrogen and oxygen atoms in total. The van der Waals surface area contributed by atoms with Gasteiger partial charge in [0, 0.05) is 0 Å². The van der Waals surface area contributed by atoms with Crippen LogP contribution < -0.4 is 0 Å². The van der Waals surface area contributed by atoms with Gasteiger partial charge in [-0.25, -0.2) is 0 Å². The molecule has 0 aromatic heterocycles. The second-order valence-corrected chi connectivity index (χ2v) is 8.52. The fourth-order valence-electron chi connectivity index (χ4n) is 5.45. The first-order valence-electron chi connectivity index (χ1n) is 11.1. The second-order valence-electron chi connectivity index (χ2n) is 8.52. The largest absolute Gasteiger partial charge is 0.0622 e. The molecule has 7 rings (SSSR count). The van der Waals surface area contributed by atoms with Crippen molar-refractivity contribution >= 4 is 21.5 Å². The number of rotatable bonds is 2. The molecule has 1 aliphatic rings. The van der Waals surface area contributed by atoms with Crippen LogP contribution in [0.3, 0.4) is 0 Å². The maximum atomic E-state index is 2.38. The number of benzene rings is 6. The molecule has 0 amide bonds. The van der Waals surface area contributed by atoms with Crippen LogP contribution in [0.25, 0.3) is 66.1 Å². The summed E-state index contributed by atoms with van der Waals surface area (Å²) in [5, 5.41) is 5.30. The van der Waals surface area contributed by atoms with Crippen molar-refractivity contribution in [3.05, 3.63) is 121 Å². The molecule has 0 heteroatoms. The van der Waals surface area contributed by atoms with E-state index in [1.807, 2.05) is 0 Å². The molecule has 0 spiro atoms. The lowest BCUT2D eigenvalue weighted by Crippen LogP contribution is -1.88. The van der Waals surface area contributed by atoms with E-state index in [9.17, 15) is 0 Å². The summed E-state index contributed by atoms with van der Waals surface area (Å²) in [6.45, 7) is 0. The zero-order chi connectivity index (χ0) is 21.1. The molecular formula is C32H20. The van der Waals surface area contributed by atoms with Gasteiger partial charge in [-0.2, -0.15) is 0 Å². The Kier molecular flexibility index (Phi) is 3.65. The smallest absolute Gasteiger partial charge is 0.00137 e. The minimum Gasteiger partial charge on any atom is -0.0622 e. The van der Waals surface area contributed by atoms with Crippen molar-refractivity contribution in [2.75, 3.05) is 0 Å². The lowest BCUT2D eigenvalue weighted by Gasteiger charge is -2.15. The molecule has 0 atom stereocenters. The number of hydrogen-bond donors (Lipinski definition) is 0. The molecule has 1 aliphatic carbocycles. The minimum absolute atomic E-state index is 1.26. The summed E-state index contributed by atoms with van der Waals surface area (Å²) in [4.78, 5) is 0. The van der Waals surface area contributed by atoms with Gasteiger partial charge in [-0.15, -0.1) is 0 Å². The van der Waals surface area contributed by atoms with Crippen molar-refractivity contribution in [1.29, 1.82) is 0 Å². The van der Waals surface area contributed by atoms with Crippen LogP contribution >= 0.6 is 0 Å². The highest BCUT2D eigenvalue weighted by Gasteiger charge is 2.27. The fraction of sp³-hybridized carbons (Fsp3) is 0. The summed E-state index contributed by atoms with van der Waals surface area (Å²) in [7, 11) is 0. The van der Waals surface area contributed by atoms with Crippen LogP contribution in [0, 0.1) is 0 Å². The predicted octanol–water partition coefficient (Wildman–Crippen LogP) is 8.97. The molecule has 0 unspecified atom stereocenters. The zero-order valence-corrected chi connectivity index (χ0v) is 17.5. The first-order chi connectivity index (χ1) is 15.9. The van der Waals surface area contributed by atoms with Gasteiger partial charge in [0.1, 0.15) is 0 Å². The summed E-state index contributed by atoms with van der Waals surface area (Å²) in [5.74, 6) is 0. The van der Waals surface area contributed by atoms with Crippen LogP contribution in [0.2, 0.25) is 0 Å². The monoisotopic (exact) mass is 404 g/mol. The van der Waals surface area contributed by atoms with E-state index in [-0.39, 0.29) is 0 Å². The molecule has 0 radical (unpaired) electrons. The van der Waals surface area contributed by atoms with Gasteiger partial charge >= 0.3 is 0 Å². The summed E-state index contributed by atoms with van der Waals surface area (Å²) in [6.07, 6.45) is 0. The number of hydrogen-bond acceptors (Lipinski definition) is 0. The highest BCUT2D eigenvalue weighted by Crippen LogP contribution is 2.54. The molecule has 148 valence electrons. The summed E-state index contributed by atoms with van der Waals surface area (Å²) in [5.41, 5.74) is 10.6. The molecule has 0 fully saturated rings. The standard InChI is InChI=1S/C32H20/c1-3-10-21(11-4-1)24-18-19-28-31-26(24)16-9-17-27(31)29-20-23-14-7-8-15-25(23)30(32(28)29)22-12-5-2-6-13-22/h1-20H. The third kappa shape index (κ3) is 2.38. The van der Waals surface area contributed by atoms with E-state index in [1.54, 1.807) is 0 Å². The second kappa shape index (κ2) is 6.67. The summed E-state index contributed by atoms with van der Waals surface area (Å²) in [6, 6.07) is 44.1. The van der Waals surface area contributed by atoms with Crippen molar-refractivity contribution in [2.45, 2.75) is 0 Å². The highest BCUT2D eigenvalue weighted by molar-refractivity contribution is 6.24. The molecule has 0 bridgehead atoms. The van der Waals surface area contributed by atoms with Crippen LogP contribution in [-0.2, 0) is 0 Å². The summed E-state index contributed by atoms with van der Waals surface area (Å²) < 4.78 is 0. The molecule has 6 aromatic carbocycles. The van der Waals surface area contributed by atoms with Gasteiger partial charge in [-0.05, 0) is 72.1 Å². The maximum absolute atomic E-state index is 2.38.